The summed E-state index contributed by atoms with van der Waals surface area (Å²) in [6, 6.07) is 17.3. The number of hydrogen-bond donors (Lipinski definition) is 1. The van der Waals surface area contributed by atoms with Crippen molar-refractivity contribution in [3.8, 4) is 5.75 Å². The smallest absolute Gasteiger partial charge is 0.332 e. The highest BCUT2D eigenvalue weighted by molar-refractivity contribution is 5.71. The average molecular weight is 517 g/mol. The molecule has 1 N–H and O–H groups in total. The zero-order chi connectivity index (χ0) is 27.1. The van der Waals surface area contributed by atoms with Crippen molar-refractivity contribution in [3.63, 3.8) is 0 Å². The predicted molar refractivity (Wildman–Crippen MR) is 140 cm³/mol. The number of carbonyl (C=O) groups excluding carboxylic acids is 1. The van der Waals surface area contributed by atoms with Crippen LogP contribution in [0.3, 0.4) is 0 Å². The second-order valence-corrected chi connectivity index (χ2v) is 9.47. The van der Waals surface area contributed by atoms with Gasteiger partial charge < -0.3 is 33.5 Å². The fraction of sp³-hybridized carbons (Fsp3) is 0.483. The molecule has 0 radical (unpaired) electrons. The van der Waals surface area contributed by atoms with Gasteiger partial charge in [0.25, 0.3) is 0 Å². The van der Waals surface area contributed by atoms with Crippen molar-refractivity contribution in [2.75, 3.05) is 27.1 Å². The Balaban J connectivity index is 1.86. The first-order valence-electron chi connectivity index (χ1n) is 12.3. The fourth-order valence-electron chi connectivity index (χ4n) is 3.30. The lowest BCUT2D eigenvalue weighted by Crippen LogP contribution is -2.41. The van der Waals surface area contributed by atoms with Crippen LogP contribution in [-0.2, 0) is 41.7 Å². The van der Waals surface area contributed by atoms with E-state index < -0.39 is 29.9 Å². The average Bonchev–Trinajstić information content (AvgIpc) is 2.86. The topological polar surface area (TPSA) is 92.7 Å². The van der Waals surface area contributed by atoms with Gasteiger partial charge in [0.1, 0.15) is 37.0 Å². The fourth-order valence-corrected chi connectivity index (χ4v) is 3.30. The lowest BCUT2D eigenvalue weighted by atomic mass is 10.1. The molecule has 0 aliphatic carbocycles. The minimum absolute atomic E-state index is 0.0177. The molecule has 0 fully saturated rings. The van der Waals surface area contributed by atoms with Gasteiger partial charge in [-0.15, -0.1) is 0 Å². The van der Waals surface area contributed by atoms with Crippen molar-refractivity contribution in [1.29, 1.82) is 0 Å². The van der Waals surface area contributed by atoms with Crippen LogP contribution in [0, 0.1) is 0 Å². The Kier molecular flexibility index (Phi) is 13.3. The molecule has 204 valence electrons. The van der Waals surface area contributed by atoms with E-state index in [0.717, 1.165) is 16.9 Å². The summed E-state index contributed by atoms with van der Waals surface area (Å²) in [4.78, 5) is 12.2. The lowest BCUT2D eigenvalue weighted by molar-refractivity contribution is -0.176. The van der Waals surface area contributed by atoms with Crippen LogP contribution >= 0.6 is 0 Å². The Morgan fingerprint density at radius 1 is 0.946 bits per heavy atom. The molecule has 0 bridgehead atoms. The van der Waals surface area contributed by atoms with E-state index in [4.69, 9.17) is 28.4 Å². The number of ether oxygens (including phenoxy) is 6. The first-order valence-corrected chi connectivity index (χ1v) is 12.3. The third-order valence-electron chi connectivity index (χ3n) is 5.11. The molecule has 0 spiro atoms. The Bertz CT molecular complexity index is 921. The van der Waals surface area contributed by atoms with Gasteiger partial charge in [0.05, 0.1) is 33.0 Å². The molecule has 2 rings (SSSR count). The summed E-state index contributed by atoms with van der Waals surface area (Å²) in [6.07, 6.45) is 0.831. The molecule has 0 saturated carbocycles. The third kappa shape index (κ3) is 12.9. The zero-order valence-electron chi connectivity index (χ0n) is 22.4. The Morgan fingerprint density at radius 2 is 1.59 bits per heavy atom. The molecule has 8 nitrogen and oxygen atoms in total. The SMILES string of the molecule is COc1ccc(COCO[C@@H](C)[C@H](OCC(=O)OC(C)(C)C)[C@@H](O)/C=C/COCc2ccccc2)cc1. The molecule has 37 heavy (non-hydrogen) atoms. The van der Waals surface area contributed by atoms with E-state index in [9.17, 15) is 9.90 Å². The van der Waals surface area contributed by atoms with Crippen LogP contribution in [0.5, 0.6) is 5.75 Å². The lowest BCUT2D eigenvalue weighted by Gasteiger charge is -2.28. The van der Waals surface area contributed by atoms with Crippen LogP contribution in [0.2, 0.25) is 0 Å². The van der Waals surface area contributed by atoms with Gasteiger partial charge in [0.2, 0.25) is 0 Å². The minimum Gasteiger partial charge on any atom is -0.497 e. The number of aliphatic hydroxyl groups is 1. The standard InChI is InChI=1S/C29H40O8/c1-22(36-21-34-19-24-13-15-25(32-5)16-14-24)28(35-20-27(31)37-29(2,3)4)26(30)12-9-17-33-18-23-10-7-6-8-11-23/h6-16,22,26,28,30H,17-21H2,1-5H3/b12-9+/t22-,26-,28-/m0/s1. The number of hydrogen-bond acceptors (Lipinski definition) is 8. The van der Waals surface area contributed by atoms with Gasteiger partial charge in [-0.3, -0.25) is 0 Å². The van der Waals surface area contributed by atoms with Crippen LogP contribution in [-0.4, -0.2) is 62.1 Å². The largest absolute Gasteiger partial charge is 0.497 e. The van der Waals surface area contributed by atoms with E-state index in [0.29, 0.717) is 19.8 Å². The highest BCUT2D eigenvalue weighted by Crippen LogP contribution is 2.15. The van der Waals surface area contributed by atoms with Crippen LogP contribution in [0.1, 0.15) is 38.8 Å². The normalized spacial score (nSPS) is 14.3. The quantitative estimate of drug-likeness (QED) is 0.152. The van der Waals surface area contributed by atoms with Crippen LogP contribution in [0.15, 0.2) is 66.7 Å². The van der Waals surface area contributed by atoms with E-state index in [1.54, 1.807) is 47.0 Å². The van der Waals surface area contributed by atoms with Gasteiger partial charge in [-0.2, -0.15) is 0 Å². The Labute approximate surface area is 220 Å². The summed E-state index contributed by atoms with van der Waals surface area (Å²) in [5, 5.41) is 10.8. The second kappa shape index (κ2) is 16.2. The zero-order valence-corrected chi connectivity index (χ0v) is 22.4. The number of methoxy groups -OCH3 is 1. The van der Waals surface area contributed by atoms with Gasteiger partial charge in [-0.1, -0.05) is 54.6 Å². The maximum Gasteiger partial charge on any atom is 0.332 e. The Hall–Kier alpha value is -2.75. The summed E-state index contributed by atoms with van der Waals surface area (Å²) < 4.78 is 33.2. The highest BCUT2D eigenvalue weighted by Gasteiger charge is 2.27. The van der Waals surface area contributed by atoms with Gasteiger partial charge in [-0.05, 0) is 51.0 Å². The minimum atomic E-state index is -1.04. The molecule has 2 aromatic carbocycles. The van der Waals surface area contributed by atoms with E-state index in [2.05, 4.69) is 0 Å². The molecule has 0 saturated heterocycles. The molecule has 8 heteroatoms. The van der Waals surface area contributed by atoms with Crippen molar-refractivity contribution in [2.45, 2.75) is 64.8 Å². The first kappa shape index (κ1) is 30.5. The van der Waals surface area contributed by atoms with Crippen molar-refractivity contribution in [2.24, 2.45) is 0 Å². The highest BCUT2D eigenvalue weighted by atomic mass is 16.7. The van der Waals surface area contributed by atoms with E-state index in [1.807, 2.05) is 54.6 Å². The number of aliphatic hydroxyl groups excluding tert-OH is 1. The van der Waals surface area contributed by atoms with Gasteiger partial charge in [0, 0.05) is 0 Å². The monoisotopic (exact) mass is 516 g/mol. The first-order chi connectivity index (χ1) is 17.7. The summed E-state index contributed by atoms with van der Waals surface area (Å²) in [5.74, 6) is 0.244. The summed E-state index contributed by atoms with van der Waals surface area (Å²) in [7, 11) is 1.61. The second-order valence-electron chi connectivity index (χ2n) is 9.47. The Morgan fingerprint density at radius 3 is 2.24 bits per heavy atom. The van der Waals surface area contributed by atoms with Crippen molar-refractivity contribution >= 4 is 5.97 Å². The molecule has 0 heterocycles. The number of rotatable bonds is 16. The molecule has 0 aliphatic rings. The van der Waals surface area contributed by atoms with E-state index >= 15 is 0 Å². The van der Waals surface area contributed by atoms with E-state index in [1.165, 1.54) is 0 Å². The maximum atomic E-state index is 12.2. The van der Waals surface area contributed by atoms with Crippen molar-refractivity contribution in [3.05, 3.63) is 77.9 Å². The van der Waals surface area contributed by atoms with Crippen LogP contribution in [0.25, 0.3) is 0 Å². The molecule has 0 amide bonds. The van der Waals surface area contributed by atoms with Crippen molar-refractivity contribution < 1.29 is 38.3 Å². The molecular formula is C29H40O8. The molecule has 0 aromatic heterocycles. The molecule has 2 aromatic rings. The molecule has 0 unspecified atom stereocenters. The number of benzene rings is 2. The number of carbonyl (C=O) groups is 1. The predicted octanol–water partition coefficient (Wildman–Crippen LogP) is 4.44. The van der Waals surface area contributed by atoms with Crippen molar-refractivity contribution in [1.82, 2.24) is 0 Å². The molecule has 0 aliphatic heterocycles. The van der Waals surface area contributed by atoms with Gasteiger partial charge >= 0.3 is 5.97 Å². The third-order valence-corrected chi connectivity index (χ3v) is 5.11. The number of esters is 1. The van der Waals surface area contributed by atoms with Crippen LogP contribution < -0.4 is 4.74 Å². The van der Waals surface area contributed by atoms with Gasteiger partial charge in [-0.25, -0.2) is 4.79 Å². The summed E-state index contributed by atoms with van der Waals surface area (Å²) in [5.41, 5.74) is 1.39. The van der Waals surface area contributed by atoms with E-state index in [-0.39, 0.29) is 13.4 Å². The molecule has 3 atom stereocenters. The van der Waals surface area contributed by atoms with Gasteiger partial charge in [0.15, 0.2) is 0 Å². The van der Waals surface area contributed by atoms with Crippen LogP contribution in [0.4, 0.5) is 0 Å². The summed E-state index contributed by atoms with van der Waals surface area (Å²) >= 11 is 0. The molecular weight excluding hydrogens is 476 g/mol. The summed E-state index contributed by atoms with van der Waals surface area (Å²) in [6.45, 7) is 7.87. The maximum absolute atomic E-state index is 12.2.